The van der Waals surface area contributed by atoms with E-state index >= 15 is 0 Å². The molecule has 0 aliphatic rings. The topological polar surface area (TPSA) is 88.1 Å². The number of hydrogen-bond donors (Lipinski definition) is 1. The molecule has 4 aromatic rings. The van der Waals surface area contributed by atoms with Gasteiger partial charge in [-0.25, -0.2) is 4.98 Å². The van der Waals surface area contributed by atoms with Crippen molar-refractivity contribution in [3.63, 3.8) is 0 Å². The maximum Gasteiger partial charge on any atom is 0.266 e. The van der Waals surface area contributed by atoms with Crippen LogP contribution in [-0.4, -0.2) is 17.5 Å². The lowest BCUT2D eigenvalue weighted by molar-refractivity contribution is -0.112. The molecule has 0 saturated heterocycles. The van der Waals surface area contributed by atoms with E-state index in [1.807, 2.05) is 31.2 Å². The number of nitrogens with one attached hydrogen (secondary N) is 1. The first-order chi connectivity index (χ1) is 16.0. The third-order valence-corrected chi connectivity index (χ3v) is 7.02. The standard InChI is InChI=1S/C24H18ClN3O3S2/c1-3-30-16-7-9-20-21(12-16)32-24(28-20)33-22-10-8-17(31-22)11-15(13-26)23(29)27-19-6-4-5-18(25)14(19)2/h4-12H,3H2,1-2H3,(H,27,29)/b15-11+. The maximum atomic E-state index is 12.6. The predicted octanol–water partition coefficient (Wildman–Crippen LogP) is 6.95. The smallest absolute Gasteiger partial charge is 0.266 e. The highest BCUT2D eigenvalue weighted by atomic mass is 35.5. The monoisotopic (exact) mass is 495 g/mol. The maximum absolute atomic E-state index is 12.6. The molecule has 33 heavy (non-hydrogen) atoms. The van der Waals surface area contributed by atoms with E-state index in [1.165, 1.54) is 29.2 Å². The summed E-state index contributed by atoms with van der Waals surface area (Å²) in [5.41, 5.74) is 2.08. The van der Waals surface area contributed by atoms with Gasteiger partial charge in [-0.2, -0.15) is 5.26 Å². The van der Waals surface area contributed by atoms with E-state index in [2.05, 4.69) is 10.3 Å². The first-order valence-corrected chi connectivity index (χ1v) is 12.0. The first-order valence-electron chi connectivity index (χ1n) is 9.96. The second-order valence-electron chi connectivity index (χ2n) is 6.84. The van der Waals surface area contributed by atoms with Crippen molar-refractivity contribution in [3.05, 3.63) is 70.5 Å². The number of rotatable bonds is 7. The van der Waals surface area contributed by atoms with E-state index in [0.717, 1.165) is 25.9 Å². The van der Waals surface area contributed by atoms with Crippen LogP contribution < -0.4 is 10.1 Å². The molecule has 166 valence electrons. The van der Waals surface area contributed by atoms with Gasteiger partial charge in [0.2, 0.25) is 0 Å². The summed E-state index contributed by atoms with van der Waals surface area (Å²) in [5, 5.41) is 13.3. The fourth-order valence-electron chi connectivity index (χ4n) is 2.96. The van der Waals surface area contributed by atoms with Crippen molar-refractivity contribution in [1.29, 1.82) is 5.26 Å². The zero-order valence-corrected chi connectivity index (χ0v) is 20.1. The highest BCUT2D eigenvalue weighted by Gasteiger charge is 2.14. The number of thiazole rings is 1. The number of furan rings is 1. The van der Waals surface area contributed by atoms with Crippen LogP contribution in [0.2, 0.25) is 5.02 Å². The number of nitriles is 1. The Bertz CT molecular complexity index is 1400. The molecule has 0 fully saturated rings. The Balaban J connectivity index is 1.48. The summed E-state index contributed by atoms with van der Waals surface area (Å²) in [7, 11) is 0. The molecule has 2 aromatic heterocycles. The lowest BCUT2D eigenvalue weighted by Gasteiger charge is -2.08. The largest absolute Gasteiger partial charge is 0.494 e. The number of nitrogens with zero attached hydrogens (tertiary/aromatic N) is 2. The van der Waals surface area contributed by atoms with Gasteiger partial charge in [-0.05, 0) is 73.6 Å². The van der Waals surface area contributed by atoms with Crippen LogP contribution in [0.25, 0.3) is 16.3 Å². The van der Waals surface area contributed by atoms with Crippen LogP contribution in [0.1, 0.15) is 18.2 Å². The van der Waals surface area contributed by atoms with Crippen LogP contribution >= 0.6 is 34.7 Å². The Kier molecular flexibility index (Phi) is 7.04. The number of carbonyl (C=O) groups excluding carboxylic acids is 1. The molecule has 0 radical (unpaired) electrons. The fourth-order valence-corrected chi connectivity index (χ4v) is 5.13. The second kappa shape index (κ2) is 10.1. The molecule has 0 spiro atoms. The molecule has 0 saturated carbocycles. The van der Waals surface area contributed by atoms with E-state index in [9.17, 15) is 10.1 Å². The molecule has 0 bridgehead atoms. The molecule has 9 heteroatoms. The van der Waals surface area contributed by atoms with Gasteiger partial charge in [0, 0.05) is 16.8 Å². The van der Waals surface area contributed by atoms with Gasteiger partial charge in [-0.3, -0.25) is 4.79 Å². The third kappa shape index (κ3) is 5.40. The Morgan fingerprint density at radius 1 is 1.33 bits per heavy atom. The Morgan fingerprint density at radius 2 is 2.18 bits per heavy atom. The van der Waals surface area contributed by atoms with Crippen molar-refractivity contribution >= 4 is 62.6 Å². The number of amides is 1. The average molecular weight is 496 g/mol. The van der Waals surface area contributed by atoms with Crippen molar-refractivity contribution < 1.29 is 13.9 Å². The van der Waals surface area contributed by atoms with Gasteiger partial charge in [0.15, 0.2) is 9.43 Å². The van der Waals surface area contributed by atoms with Crippen LogP contribution in [0, 0.1) is 18.3 Å². The van der Waals surface area contributed by atoms with Crippen molar-refractivity contribution in [1.82, 2.24) is 4.98 Å². The number of aromatic nitrogens is 1. The van der Waals surface area contributed by atoms with E-state index in [0.29, 0.717) is 28.2 Å². The summed E-state index contributed by atoms with van der Waals surface area (Å²) in [4.78, 5) is 17.2. The van der Waals surface area contributed by atoms with Gasteiger partial charge in [0.1, 0.15) is 23.2 Å². The summed E-state index contributed by atoms with van der Waals surface area (Å²) in [5.74, 6) is 0.669. The van der Waals surface area contributed by atoms with E-state index < -0.39 is 5.91 Å². The van der Waals surface area contributed by atoms with E-state index in [-0.39, 0.29) is 5.57 Å². The summed E-state index contributed by atoms with van der Waals surface area (Å²) in [6, 6.07) is 16.4. The Hall–Kier alpha value is -3.25. The number of hydrogen-bond acceptors (Lipinski definition) is 7. The molecule has 1 amide bonds. The molecule has 6 nitrogen and oxygen atoms in total. The molecule has 0 aliphatic carbocycles. The normalized spacial score (nSPS) is 11.4. The summed E-state index contributed by atoms with van der Waals surface area (Å²) >= 11 is 9.01. The van der Waals surface area contributed by atoms with Gasteiger partial charge in [-0.1, -0.05) is 17.7 Å². The number of benzene rings is 2. The van der Waals surface area contributed by atoms with Crippen LogP contribution in [0.15, 0.2) is 68.0 Å². The molecular weight excluding hydrogens is 478 g/mol. The average Bonchev–Trinajstić information content (AvgIpc) is 3.41. The molecule has 0 aliphatic heterocycles. The SMILES string of the molecule is CCOc1ccc2nc(Sc3ccc(/C=C(\C#N)C(=O)Nc4cccc(Cl)c4C)o3)sc2c1. The Labute approximate surface area is 203 Å². The first kappa shape index (κ1) is 22.9. The zero-order chi connectivity index (χ0) is 23.4. The zero-order valence-electron chi connectivity index (χ0n) is 17.7. The lowest BCUT2D eigenvalue weighted by atomic mass is 10.1. The highest BCUT2D eigenvalue weighted by molar-refractivity contribution is 8.01. The molecule has 2 heterocycles. The minimum absolute atomic E-state index is 0.0799. The van der Waals surface area contributed by atoms with Crippen LogP contribution in [-0.2, 0) is 4.79 Å². The van der Waals surface area contributed by atoms with Crippen molar-refractivity contribution in [2.45, 2.75) is 23.3 Å². The molecule has 0 atom stereocenters. The number of anilines is 1. The predicted molar refractivity (Wildman–Crippen MR) is 132 cm³/mol. The number of ether oxygens (including phenoxy) is 1. The van der Waals surface area contributed by atoms with Gasteiger partial charge in [0.25, 0.3) is 5.91 Å². The van der Waals surface area contributed by atoms with Gasteiger partial charge >= 0.3 is 0 Å². The lowest BCUT2D eigenvalue weighted by Crippen LogP contribution is -2.14. The van der Waals surface area contributed by atoms with Crippen LogP contribution in [0.4, 0.5) is 5.69 Å². The van der Waals surface area contributed by atoms with Gasteiger partial charge in [0.05, 0.1) is 16.8 Å². The molecule has 2 aromatic carbocycles. The molecule has 0 unspecified atom stereocenters. The van der Waals surface area contributed by atoms with Crippen LogP contribution in [0.3, 0.4) is 0 Å². The second-order valence-corrected chi connectivity index (χ2v) is 9.53. The summed E-state index contributed by atoms with van der Waals surface area (Å²) in [6.07, 6.45) is 1.41. The van der Waals surface area contributed by atoms with Gasteiger partial charge in [-0.15, -0.1) is 11.3 Å². The molecular formula is C24H18ClN3O3S2. The van der Waals surface area contributed by atoms with Crippen molar-refractivity contribution in [2.75, 3.05) is 11.9 Å². The van der Waals surface area contributed by atoms with Crippen molar-refractivity contribution in [2.24, 2.45) is 0 Å². The fraction of sp³-hybridized carbons (Fsp3) is 0.125. The van der Waals surface area contributed by atoms with Crippen LogP contribution in [0.5, 0.6) is 5.75 Å². The third-order valence-electron chi connectivity index (χ3n) is 4.61. The quantitative estimate of drug-likeness (QED) is 0.220. The highest BCUT2D eigenvalue weighted by Crippen LogP contribution is 2.36. The number of carbonyl (C=O) groups is 1. The van der Waals surface area contributed by atoms with Gasteiger partial charge < -0.3 is 14.5 Å². The van der Waals surface area contributed by atoms with E-state index in [1.54, 1.807) is 37.3 Å². The van der Waals surface area contributed by atoms with Crippen molar-refractivity contribution in [3.8, 4) is 11.8 Å². The van der Waals surface area contributed by atoms with E-state index in [4.69, 9.17) is 20.8 Å². The molecule has 4 rings (SSSR count). The summed E-state index contributed by atoms with van der Waals surface area (Å²) in [6.45, 7) is 4.35. The minimum atomic E-state index is -0.537. The summed E-state index contributed by atoms with van der Waals surface area (Å²) < 4.78 is 13.2. The minimum Gasteiger partial charge on any atom is -0.494 e. The number of halogens is 1. The molecule has 1 N–H and O–H groups in total. The Morgan fingerprint density at radius 3 is 2.97 bits per heavy atom. The number of fused-ring (bicyclic) bond motifs is 1.